The van der Waals surface area contributed by atoms with Crippen molar-refractivity contribution in [2.45, 2.75) is 12.8 Å². The highest BCUT2D eigenvalue weighted by Crippen LogP contribution is 2.36. The molecular formula is C25H22F3N3O4. The summed E-state index contributed by atoms with van der Waals surface area (Å²) in [7, 11) is 0. The third-order valence-corrected chi connectivity index (χ3v) is 5.76. The standard InChI is InChI=1S/C25H22F3N3O4/c26-25(27,28)20-8-11-22(23(16-20)31(33)34)29-12-14-30(15-13-29)24(32)19-6-9-21(10-7-19)35-17-18-4-2-1-3-5-18/h1-11,16H,12-15,17H2. The van der Waals surface area contributed by atoms with Crippen LogP contribution in [0, 0.1) is 10.1 Å². The van der Waals surface area contributed by atoms with E-state index in [1.807, 2.05) is 30.3 Å². The normalized spacial score (nSPS) is 14.0. The predicted octanol–water partition coefficient (Wildman–Crippen LogP) is 5.16. The molecule has 0 N–H and O–H groups in total. The maximum absolute atomic E-state index is 13.0. The molecule has 0 bridgehead atoms. The van der Waals surface area contributed by atoms with Crippen LogP contribution in [0.4, 0.5) is 24.5 Å². The number of rotatable bonds is 6. The number of piperazine rings is 1. The van der Waals surface area contributed by atoms with Gasteiger partial charge < -0.3 is 14.5 Å². The van der Waals surface area contributed by atoms with E-state index in [0.717, 1.165) is 17.7 Å². The molecule has 1 saturated heterocycles. The first-order valence-electron chi connectivity index (χ1n) is 10.9. The molecule has 0 aromatic heterocycles. The summed E-state index contributed by atoms with van der Waals surface area (Å²) in [5.41, 5.74) is -0.0662. The Morgan fingerprint density at radius 3 is 2.20 bits per heavy atom. The number of carbonyl (C=O) groups is 1. The molecular weight excluding hydrogens is 463 g/mol. The second-order valence-electron chi connectivity index (χ2n) is 8.04. The maximum atomic E-state index is 13.0. The van der Waals surface area contributed by atoms with Crippen molar-refractivity contribution in [2.24, 2.45) is 0 Å². The lowest BCUT2D eigenvalue weighted by Gasteiger charge is -2.36. The summed E-state index contributed by atoms with van der Waals surface area (Å²) in [6.07, 6.45) is -4.67. The molecule has 4 rings (SSSR count). The van der Waals surface area contributed by atoms with Crippen LogP contribution >= 0.6 is 0 Å². The fourth-order valence-electron chi connectivity index (χ4n) is 3.88. The number of halogens is 3. The van der Waals surface area contributed by atoms with Crippen molar-refractivity contribution < 1.29 is 27.6 Å². The van der Waals surface area contributed by atoms with Crippen LogP contribution in [0.25, 0.3) is 0 Å². The smallest absolute Gasteiger partial charge is 0.416 e. The Labute approximate surface area is 199 Å². The van der Waals surface area contributed by atoms with Gasteiger partial charge in [-0.15, -0.1) is 0 Å². The second kappa shape index (κ2) is 10.0. The van der Waals surface area contributed by atoms with Crippen LogP contribution in [0.1, 0.15) is 21.5 Å². The Bertz CT molecular complexity index is 1190. The molecule has 0 saturated carbocycles. The van der Waals surface area contributed by atoms with E-state index in [2.05, 4.69) is 0 Å². The van der Waals surface area contributed by atoms with Crippen molar-refractivity contribution in [1.29, 1.82) is 0 Å². The Morgan fingerprint density at radius 2 is 1.60 bits per heavy atom. The highest BCUT2D eigenvalue weighted by molar-refractivity contribution is 5.94. The monoisotopic (exact) mass is 485 g/mol. The minimum Gasteiger partial charge on any atom is -0.489 e. The molecule has 1 heterocycles. The van der Waals surface area contributed by atoms with Gasteiger partial charge >= 0.3 is 6.18 Å². The number of hydrogen-bond acceptors (Lipinski definition) is 5. The van der Waals surface area contributed by atoms with Crippen LogP contribution in [-0.2, 0) is 12.8 Å². The van der Waals surface area contributed by atoms with Gasteiger partial charge in [0.05, 0.1) is 10.5 Å². The average molecular weight is 485 g/mol. The fraction of sp³-hybridized carbons (Fsp3) is 0.240. The summed E-state index contributed by atoms with van der Waals surface area (Å²) in [5.74, 6) is 0.436. The average Bonchev–Trinajstić information content (AvgIpc) is 2.87. The highest BCUT2D eigenvalue weighted by atomic mass is 19.4. The van der Waals surface area contributed by atoms with Crippen molar-refractivity contribution in [1.82, 2.24) is 4.90 Å². The largest absolute Gasteiger partial charge is 0.489 e. The zero-order valence-electron chi connectivity index (χ0n) is 18.6. The SMILES string of the molecule is O=C(c1ccc(OCc2ccccc2)cc1)N1CCN(c2ccc(C(F)(F)F)cc2[N+](=O)[O-])CC1. The Balaban J connectivity index is 1.37. The number of benzene rings is 3. The summed E-state index contributed by atoms with van der Waals surface area (Å²) in [6.45, 7) is 1.49. The van der Waals surface area contributed by atoms with Gasteiger partial charge in [-0.05, 0) is 42.0 Å². The summed E-state index contributed by atoms with van der Waals surface area (Å²) in [4.78, 5) is 26.7. The van der Waals surface area contributed by atoms with Gasteiger partial charge in [-0.2, -0.15) is 13.2 Å². The van der Waals surface area contributed by atoms with E-state index < -0.39 is 22.4 Å². The van der Waals surface area contributed by atoms with Crippen molar-refractivity contribution in [3.63, 3.8) is 0 Å². The van der Waals surface area contributed by atoms with Crippen molar-refractivity contribution in [2.75, 3.05) is 31.1 Å². The number of hydrogen-bond donors (Lipinski definition) is 0. The van der Waals surface area contributed by atoms with E-state index in [1.165, 1.54) is 0 Å². The van der Waals surface area contributed by atoms with E-state index >= 15 is 0 Å². The molecule has 1 amide bonds. The van der Waals surface area contributed by atoms with Gasteiger partial charge in [-0.3, -0.25) is 14.9 Å². The van der Waals surface area contributed by atoms with Crippen LogP contribution in [0.5, 0.6) is 5.75 Å². The lowest BCUT2D eigenvalue weighted by Crippen LogP contribution is -2.49. The molecule has 0 aliphatic carbocycles. The first-order valence-corrected chi connectivity index (χ1v) is 10.9. The van der Waals surface area contributed by atoms with E-state index in [9.17, 15) is 28.1 Å². The lowest BCUT2D eigenvalue weighted by molar-refractivity contribution is -0.384. The number of carbonyl (C=O) groups excluding carboxylic acids is 1. The molecule has 0 spiro atoms. The molecule has 0 unspecified atom stereocenters. The number of ether oxygens (including phenoxy) is 1. The molecule has 1 aliphatic rings. The van der Waals surface area contributed by atoms with Gasteiger partial charge in [0, 0.05) is 37.8 Å². The molecule has 10 heteroatoms. The Hall–Kier alpha value is -4.08. The van der Waals surface area contributed by atoms with Gasteiger partial charge in [0.25, 0.3) is 11.6 Å². The zero-order valence-corrected chi connectivity index (χ0v) is 18.6. The lowest BCUT2D eigenvalue weighted by atomic mass is 10.1. The molecule has 0 atom stereocenters. The minimum absolute atomic E-state index is 0.106. The fourth-order valence-corrected chi connectivity index (χ4v) is 3.88. The van der Waals surface area contributed by atoms with Crippen LogP contribution in [-0.4, -0.2) is 41.9 Å². The molecule has 0 radical (unpaired) electrons. The van der Waals surface area contributed by atoms with Gasteiger partial charge in [-0.1, -0.05) is 30.3 Å². The van der Waals surface area contributed by atoms with E-state index in [1.54, 1.807) is 34.1 Å². The highest BCUT2D eigenvalue weighted by Gasteiger charge is 2.34. The number of nitro benzene ring substituents is 1. The Kier molecular flexibility index (Phi) is 6.90. The maximum Gasteiger partial charge on any atom is 0.416 e. The van der Waals surface area contributed by atoms with Crippen molar-refractivity contribution in [3.05, 3.63) is 99.6 Å². The summed E-state index contributed by atoms with van der Waals surface area (Å²) < 4.78 is 44.6. The first-order chi connectivity index (χ1) is 16.7. The number of amides is 1. The van der Waals surface area contributed by atoms with Crippen molar-refractivity contribution in [3.8, 4) is 5.75 Å². The van der Waals surface area contributed by atoms with E-state index in [-0.39, 0.29) is 37.8 Å². The Morgan fingerprint density at radius 1 is 0.943 bits per heavy atom. The van der Waals surface area contributed by atoms with Crippen molar-refractivity contribution >= 4 is 17.3 Å². The van der Waals surface area contributed by atoms with Crippen LogP contribution in [0.2, 0.25) is 0 Å². The summed E-state index contributed by atoms with van der Waals surface area (Å²) in [5, 5.41) is 11.4. The van der Waals surface area contributed by atoms with E-state index in [4.69, 9.17) is 4.74 Å². The summed E-state index contributed by atoms with van der Waals surface area (Å²) >= 11 is 0. The van der Waals surface area contributed by atoms with Gasteiger partial charge in [-0.25, -0.2) is 0 Å². The first kappa shape index (κ1) is 24.1. The molecule has 7 nitrogen and oxygen atoms in total. The molecule has 182 valence electrons. The van der Waals surface area contributed by atoms with Crippen LogP contribution in [0.3, 0.4) is 0 Å². The molecule has 1 aliphatic heterocycles. The molecule has 3 aromatic rings. The molecule has 35 heavy (non-hydrogen) atoms. The minimum atomic E-state index is -4.67. The number of anilines is 1. The molecule has 3 aromatic carbocycles. The van der Waals surface area contributed by atoms with Gasteiger partial charge in [0.1, 0.15) is 18.0 Å². The third-order valence-electron chi connectivity index (χ3n) is 5.76. The van der Waals surface area contributed by atoms with Gasteiger partial charge in [0.2, 0.25) is 0 Å². The number of nitrogens with zero attached hydrogens (tertiary/aromatic N) is 3. The predicted molar refractivity (Wildman–Crippen MR) is 123 cm³/mol. The quantitative estimate of drug-likeness (QED) is 0.356. The number of alkyl halides is 3. The topological polar surface area (TPSA) is 75.9 Å². The third kappa shape index (κ3) is 5.71. The van der Waals surface area contributed by atoms with Crippen LogP contribution in [0.15, 0.2) is 72.8 Å². The zero-order chi connectivity index (χ0) is 25.0. The number of nitro groups is 1. The van der Waals surface area contributed by atoms with Crippen LogP contribution < -0.4 is 9.64 Å². The van der Waals surface area contributed by atoms with E-state index in [0.29, 0.717) is 24.0 Å². The molecule has 1 fully saturated rings. The summed E-state index contributed by atoms with van der Waals surface area (Å²) in [6, 6.07) is 19.0. The second-order valence-corrected chi connectivity index (χ2v) is 8.04. The van der Waals surface area contributed by atoms with Gasteiger partial charge in [0.15, 0.2) is 0 Å².